The minimum absolute atomic E-state index is 0. The molecule has 2 atom stereocenters. The van der Waals surface area contributed by atoms with E-state index in [9.17, 15) is 20.6 Å². The van der Waals surface area contributed by atoms with Crippen LogP contribution in [0.2, 0.25) is 0 Å². The molecule has 4 rings (SSSR count). The summed E-state index contributed by atoms with van der Waals surface area (Å²) in [6, 6.07) is 0. The molecule has 526 valence electrons. The summed E-state index contributed by atoms with van der Waals surface area (Å²) in [4.78, 5) is 0. The van der Waals surface area contributed by atoms with Gasteiger partial charge in [-0.1, -0.05) is 55.4 Å². The van der Waals surface area contributed by atoms with E-state index in [0.717, 1.165) is 131 Å². The molecule has 0 aliphatic carbocycles. The van der Waals surface area contributed by atoms with E-state index in [1.807, 2.05) is 27.7 Å². The van der Waals surface area contributed by atoms with Crippen LogP contribution in [0.25, 0.3) is 20.6 Å². The third-order valence-corrected chi connectivity index (χ3v) is 33.4. The molecule has 0 spiro atoms. The Hall–Kier alpha value is 3.28. The molecule has 4 aliphatic heterocycles. The van der Waals surface area contributed by atoms with Crippen LogP contribution in [0.5, 0.6) is 0 Å². The van der Waals surface area contributed by atoms with E-state index >= 15 is 0 Å². The summed E-state index contributed by atoms with van der Waals surface area (Å²) in [5.74, 6) is 0. The Balaban J connectivity index is -0.000000503. The number of quaternary nitrogens is 1. The molecule has 4 aliphatic rings. The fraction of sp³-hybridized carbons (Fsp3) is 1.00. The van der Waals surface area contributed by atoms with Crippen molar-refractivity contribution < 1.29 is 104 Å². The third-order valence-electron chi connectivity index (χ3n) is 16.3. The molecule has 0 amide bonds. The van der Waals surface area contributed by atoms with Crippen LogP contribution in [-0.2, 0) is 9.47 Å². The summed E-state index contributed by atoms with van der Waals surface area (Å²) in [5.41, 5.74) is 0.0337. The summed E-state index contributed by atoms with van der Waals surface area (Å²) in [6.07, 6.45) is 0. The minimum Gasteiger partial charge on any atom is -0.770 e. The Morgan fingerprint density at radius 1 is 0.307 bits per heavy atom. The zero-order valence-corrected chi connectivity index (χ0v) is 74.1. The van der Waals surface area contributed by atoms with Crippen LogP contribution >= 0.6 is 30.0 Å². The predicted octanol–water partition coefficient (Wildman–Crippen LogP) is 13.9. The van der Waals surface area contributed by atoms with Gasteiger partial charge < -0.3 is 34.8 Å². The van der Waals surface area contributed by atoms with Crippen molar-refractivity contribution in [3.8, 4) is 0 Å². The number of ether oxygens (including phenoxy) is 2. The largest absolute Gasteiger partial charge is 3.00 e. The normalized spacial score (nSPS) is 22.0. The standard InChI is InChI=1S/4C14H32N4P.2C4H10O.K.Tb/c4*1-9-16(10-2)19(15)17(13(3,4)5)11-12-18(19)14(6,7)8;2*1-3-5-4-2;;/h4*9-12H2,1-8H3;2*3-4H2,1-2H3;;/q4*-1;;;+1;+3/p+1. The average molecular weight is 1500 g/mol. The third kappa shape index (κ3) is 26.1. The number of nitrogens with one attached hydrogen (secondary N) is 1. The van der Waals surface area contributed by atoms with E-state index in [0.29, 0.717) is 0 Å². The van der Waals surface area contributed by atoms with Gasteiger partial charge in [0, 0.05) is 118 Å². The molecule has 0 radical (unpaired) electrons. The summed E-state index contributed by atoms with van der Waals surface area (Å²) >= 11 is 0. The van der Waals surface area contributed by atoms with Crippen LogP contribution < -0.4 is 56.1 Å². The van der Waals surface area contributed by atoms with Gasteiger partial charge in [0.25, 0.3) is 0 Å². The SMILES string of the molecule is CCN(CC)P1(=[N-])N(C(C)(C)C)CCN1C(C)(C)C.CCN(CC)P1(=[N-])N(C(C)(C)C)CCN1C(C)(C)C.CCN(CC)P1(=[N-])N(C(C)(C)C)CCN1C(C)(C)C.CCN(CC)[P@]1(=[N-])N(C(C)(C)C)CC[NH+]1C(C)(C)C.CCOCC.CCOCC.[K+].[Tb+3]. The maximum Gasteiger partial charge on any atom is 3.00 e. The van der Waals surface area contributed by atoms with Gasteiger partial charge in [0.2, 0.25) is 0 Å². The molecule has 0 aromatic rings. The van der Waals surface area contributed by atoms with E-state index in [-0.39, 0.29) is 134 Å². The van der Waals surface area contributed by atoms with Crippen molar-refractivity contribution in [3.05, 3.63) is 20.6 Å². The Morgan fingerprint density at radius 2 is 0.477 bits per heavy atom. The van der Waals surface area contributed by atoms with E-state index in [1.165, 1.54) is 4.67 Å². The second-order valence-corrected chi connectivity index (χ2v) is 41.3. The number of nitrogens with zero attached hydrogens (tertiary/aromatic N) is 15. The zero-order valence-electron chi connectivity index (χ0n) is 65.3. The molecule has 0 bridgehead atoms. The molecule has 1 unspecified atom stereocenters. The van der Waals surface area contributed by atoms with Crippen molar-refractivity contribution in [2.45, 2.75) is 294 Å². The molecule has 4 heterocycles. The van der Waals surface area contributed by atoms with Gasteiger partial charge in [-0.15, -0.1) is 0 Å². The fourth-order valence-corrected chi connectivity index (χ4v) is 28.6. The topological polar surface area (TPSA) is 148 Å². The molecule has 0 aromatic heterocycles. The summed E-state index contributed by atoms with van der Waals surface area (Å²) in [5, 5.41) is 46.6. The van der Waals surface area contributed by atoms with Crippen LogP contribution in [0.1, 0.15) is 249 Å². The molecule has 18 nitrogen and oxygen atoms in total. The minimum atomic E-state index is -2.39. The maximum atomic E-state index is 11.7. The first-order chi connectivity index (χ1) is 38.8. The van der Waals surface area contributed by atoms with Gasteiger partial charge in [0.05, 0.1) is 26.1 Å². The van der Waals surface area contributed by atoms with E-state index < -0.39 is 30.0 Å². The van der Waals surface area contributed by atoms with E-state index in [2.05, 4.69) is 273 Å². The van der Waals surface area contributed by atoms with Gasteiger partial charge in [-0.25, -0.2) is 9.34 Å². The second kappa shape index (κ2) is 40.5. The van der Waals surface area contributed by atoms with Crippen molar-refractivity contribution in [3.63, 3.8) is 0 Å². The van der Waals surface area contributed by atoms with Gasteiger partial charge in [-0.2, -0.15) is 0 Å². The molecular formula is C64H149KN16O2P4Tb+. The Labute approximate surface area is 624 Å². The first kappa shape index (κ1) is 97.7. The van der Waals surface area contributed by atoms with Crippen LogP contribution in [0.15, 0.2) is 0 Å². The fourth-order valence-electron chi connectivity index (χ4n) is 12.5. The molecule has 4 saturated heterocycles. The van der Waals surface area contributed by atoms with E-state index in [4.69, 9.17) is 9.47 Å². The van der Waals surface area contributed by atoms with Gasteiger partial charge in [-0.3, -0.25) is 42.0 Å². The predicted molar refractivity (Wildman–Crippen MR) is 388 cm³/mol. The molecular weight excluding hydrogens is 1350 g/mol. The first-order valence-electron chi connectivity index (χ1n) is 33.8. The summed E-state index contributed by atoms with van der Waals surface area (Å²) < 4.78 is 36.5. The molecule has 0 aromatic carbocycles. The zero-order chi connectivity index (χ0) is 68.5. The van der Waals surface area contributed by atoms with Crippen molar-refractivity contribution in [1.82, 2.24) is 51.4 Å². The quantitative estimate of drug-likeness (QED) is 0.116. The second-order valence-electron chi connectivity index (χ2n) is 30.8. The Kier molecular flexibility index (Phi) is 45.0. The summed E-state index contributed by atoms with van der Waals surface area (Å²) in [6.45, 7) is 96.3. The van der Waals surface area contributed by atoms with Crippen molar-refractivity contribution in [1.29, 1.82) is 0 Å². The van der Waals surface area contributed by atoms with Crippen LogP contribution in [-0.4, -0.2) is 227 Å². The molecule has 0 saturated carbocycles. The summed E-state index contributed by atoms with van der Waals surface area (Å²) in [7, 11) is -9.49. The van der Waals surface area contributed by atoms with Crippen LogP contribution in [0.3, 0.4) is 0 Å². The van der Waals surface area contributed by atoms with Gasteiger partial charge >= 0.3 is 90.0 Å². The van der Waals surface area contributed by atoms with Gasteiger partial charge in [-0.05, 0) is 256 Å². The smallest absolute Gasteiger partial charge is 0.770 e. The monoisotopic (exact) mass is 1500 g/mol. The van der Waals surface area contributed by atoms with Crippen molar-refractivity contribution in [2.24, 2.45) is 0 Å². The molecule has 88 heavy (non-hydrogen) atoms. The van der Waals surface area contributed by atoms with Crippen molar-refractivity contribution >= 4 is 30.0 Å². The van der Waals surface area contributed by atoms with Gasteiger partial charge in [0.15, 0.2) is 0 Å². The van der Waals surface area contributed by atoms with Gasteiger partial charge in [0.1, 0.15) is 0 Å². The molecule has 4 fully saturated rings. The Morgan fingerprint density at radius 3 is 0.591 bits per heavy atom. The van der Waals surface area contributed by atoms with Crippen LogP contribution in [0, 0.1) is 38.6 Å². The average Bonchev–Trinajstić information content (AvgIpc) is 4.12. The number of hydrogen-bond acceptors (Lipinski definition) is 2. The number of rotatable bonds is 16. The molecule has 1 N–H and O–H groups in total. The maximum absolute atomic E-state index is 11.7. The number of hydrogen-bond donors (Lipinski definition) is 1. The molecule has 24 heteroatoms. The first-order valence-corrected chi connectivity index (χ1v) is 40.2. The van der Waals surface area contributed by atoms with Crippen molar-refractivity contribution in [2.75, 3.05) is 131 Å². The Bertz CT molecular complexity index is 1700. The van der Waals surface area contributed by atoms with E-state index in [1.54, 1.807) is 0 Å². The van der Waals surface area contributed by atoms with Crippen LogP contribution in [0.4, 0.5) is 0 Å².